The van der Waals surface area contributed by atoms with E-state index in [0.717, 1.165) is 44.4 Å². The van der Waals surface area contributed by atoms with Gasteiger partial charge in [0.25, 0.3) is 5.56 Å². The van der Waals surface area contributed by atoms with Crippen molar-refractivity contribution in [3.05, 3.63) is 52.3 Å². The van der Waals surface area contributed by atoms with Crippen LogP contribution in [0.4, 0.5) is 13.2 Å². The van der Waals surface area contributed by atoms with Crippen LogP contribution in [0.2, 0.25) is 0 Å². The van der Waals surface area contributed by atoms with E-state index >= 15 is 0 Å². The maximum absolute atomic E-state index is 13.1. The van der Waals surface area contributed by atoms with Crippen LogP contribution in [0.25, 0.3) is 22.3 Å². The summed E-state index contributed by atoms with van der Waals surface area (Å²) in [5.74, 6) is 0.128. The molecule has 1 N–H and O–H groups in total. The minimum absolute atomic E-state index is 0.128. The molecular weight excluding hydrogens is 409 g/mol. The summed E-state index contributed by atoms with van der Waals surface area (Å²) < 4.78 is 40.1. The van der Waals surface area contributed by atoms with Crippen molar-refractivity contribution in [2.24, 2.45) is 0 Å². The number of rotatable bonds is 4. The molecule has 6 nitrogen and oxygen atoms in total. The third kappa shape index (κ3) is 4.19. The van der Waals surface area contributed by atoms with Crippen molar-refractivity contribution in [3.63, 3.8) is 0 Å². The van der Waals surface area contributed by atoms with Crippen molar-refractivity contribution in [1.82, 2.24) is 19.5 Å². The molecular formula is C22H23F3N4O2. The van der Waals surface area contributed by atoms with Crippen LogP contribution < -0.4 is 5.56 Å². The molecule has 4 rings (SSSR count). The van der Waals surface area contributed by atoms with Crippen molar-refractivity contribution in [2.45, 2.75) is 57.2 Å². The Kier molecular flexibility index (Phi) is 5.79. The van der Waals surface area contributed by atoms with Gasteiger partial charge in [0, 0.05) is 12.1 Å². The zero-order chi connectivity index (χ0) is 22.2. The number of aliphatic hydroxyl groups excluding tert-OH is 1. The van der Waals surface area contributed by atoms with Gasteiger partial charge in [0.1, 0.15) is 0 Å². The molecule has 0 spiro atoms. The third-order valence-corrected chi connectivity index (χ3v) is 5.88. The number of alkyl halides is 3. The fourth-order valence-corrected chi connectivity index (χ4v) is 4.08. The molecule has 3 aromatic rings. The number of hydrogen-bond donors (Lipinski definition) is 1. The predicted octanol–water partition coefficient (Wildman–Crippen LogP) is 4.47. The molecule has 0 radical (unpaired) electrons. The first-order valence-electron chi connectivity index (χ1n) is 10.4. The Balaban J connectivity index is 1.90. The molecule has 0 unspecified atom stereocenters. The zero-order valence-electron chi connectivity index (χ0n) is 17.1. The van der Waals surface area contributed by atoms with Crippen LogP contribution in [0.3, 0.4) is 0 Å². The predicted molar refractivity (Wildman–Crippen MR) is 110 cm³/mol. The molecule has 1 atom stereocenters. The molecule has 31 heavy (non-hydrogen) atoms. The fraction of sp³-hybridized carbons (Fsp3) is 0.455. The average Bonchev–Trinajstić information content (AvgIpc) is 2.78. The van der Waals surface area contributed by atoms with Crippen LogP contribution in [-0.2, 0) is 6.18 Å². The SMILES string of the molecule is C[C@@H](CO)n1cnc2c(C3CCCCC3)nc(-c3ccc(C(F)(F)F)cn3)cc2c1=O. The molecule has 1 saturated carbocycles. The topological polar surface area (TPSA) is 80.9 Å². The Morgan fingerprint density at radius 1 is 1.16 bits per heavy atom. The van der Waals surface area contributed by atoms with E-state index in [2.05, 4.69) is 9.97 Å². The number of halogens is 3. The lowest BCUT2D eigenvalue weighted by Gasteiger charge is -2.23. The summed E-state index contributed by atoms with van der Waals surface area (Å²) in [5, 5.41) is 9.79. The Bertz CT molecular complexity index is 1140. The van der Waals surface area contributed by atoms with Crippen LogP contribution in [0.1, 0.15) is 62.2 Å². The van der Waals surface area contributed by atoms with Crippen LogP contribution in [0.15, 0.2) is 35.5 Å². The summed E-state index contributed by atoms with van der Waals surface area (Å²) in [7, 11) is 0. The van der Waals surface area contributed by atoms with Crippen molar-refractivity contribution < 1.29 is 18.3 Å². The summed E-state index contributed by atoms with van der Waals surface area (Å²) in [6.07, 6.45) is 2.81. The van der Waals surface area contributed by atoms with E-state index in [1.165, 1.54) is 23.0 Å². The van der Waals surface area contributed by atoms with E-state index in [0.29, 0.717) is 22.3 Å². The van der Waals surface area contributed by atoms with Gasteiger partial charge >= 0.3 is 6.18 Å². The number of nitrogens with zero attached hydrogens (tertiary/aromatic N) is 4. The van der Waals surface area contributed by atoms with Gasteiger partial charge in [-0.1, -0.05) is 19.3 Å². The van der Waals surface area contributed by atoms with Crippen molar-refractivity contribution >= 4 is 10.9 Å². The van der Waals surface area contributed by atoms with E-state index in [1.807, 2.05) is 0 Å². The highest BCUT2D eigenvalue weighted by Crippen LogP contribution is 2.36. The van der Waals surface area contributed by atoms with E-state index in [-0.39, 0.29) is 23.8 Å². The minimum atomic E-state index is -4.48. The standard InChI is InChI=1S/C22H23F3N4O2/c1-13(11-30)29-12-27-20-16(21(29)31)9-18(28-19(20)14-5-3-2-4-6-14)17-8-7-15(10-26-17)22(23,24)25/h7-10,12-14,30H,2-6,11H2,1H3/t13-/m0/s1. The Morgan fingerprint density at radius 2 is 1.90 bits per heavy atom. The Morgan fingerprint density at radius 3 is 2.52 bits per heavy atom. The fourth-order valence-electron chi connectivity index (χ4n) is 4.08. The minimum Gasteiger partial charge on any atom is -0.394 e. The van der Waals surface area contributed by atoms with Crippen LogP contribution >= 0.6 is 0 Å². The van der Waals surface area contributed by atoms with E-state index in [9.17, 15) is 23.1 Å². The highest BCUT2D eigenvalue weighted by molar-refractivity contribution is 5.83. The molecule has 3 aromatic heterocycles. The Labute approximate surface area is 176 Å². The van der Waals surface area contributed by atoms with Gasteiger partial charge in [-0.2, -0.15) is 13.2 Å². The lowest BCUT2D eigenvalue weighted by Crippen LogP contribution is -2.26. The van der Waals surface area contributed by atoms with Crippen LogP contribution in [-0.4, -0.2) is 31.2 Å². The van der Waals surface area contributed by atoms with Gasteiger partial charge in [-0.15, -0.1) is 0 Å². The largest absolute Gasteiger partial charge is 0.417 e. The molecule has 0 aromatic carbocycles. The zero-order valence-corrected chi connectivity index (χ0v) is 17.1. The highest BCUT2D eigenvalue weighted by Gasteiger charge is 2.31. The molecule has 0 amide bonds. The smallest absolute Gasteiger partial charge is 0.394 e. The second-order valence-electron chi connectivity index (χ2n) is 8.04. The first-order valence-corrected chi connectivity index (χ1v) is 10.4. The van der Waals surface area contributed by atoms with Gasteiger partial charge in [0.15, 0.2) is 0 Å². The summed E-state index contributed by atoms with van der Waals surface area (Å²) in [6.45, 7) is 1.48. The quantitative estimate of drug-likeness (QED) is 0.658. The molecule has 9 heteroatoms. The van der Waals surface area contributed by atoms with Crippen molar-refractivity contribution in [2.75, 3.05) is 6.61 Å². The van der Waals surface area contributed by atoms with Crippen molar-refractivity contribution in [1.29, 1.82) is 0 Å². The third-order valence-electron chi connectivity index (χ3n) is 5.88. The molecule has 0 bridgehead atoms. The first kappa shape index (κ1) is 21.4. The number of fused-ring (bicyclic) bond motifs is 1. The highest BCUT2D eigenvalue weighted by atomic mass is 19.4. The van der Waals surface area contributed by atoms with Gasteiger partial charge in [0.05, 0.1) is 52.5 Å². The molecule has 0 saturated heterocycles. The second-order valence-corrected chi connectivity index (χ2v) is 8.04. The monoisotopic (exact) mass is 432 g/mol. The summed E-state index contributed by atoms with van der Waals surface area (Å²) >= 11 is 0. The number of aliphatic hydroxyl groups is 1. The number of hydrogen-bond acceptors (Lipinski definition) is 5. The van der Waals surface area contributed by atoms with Gasteiger partial charge in [0.2, 0.25) is 0 Å². The maximum Gasteiger partial charge on any atom is 0.417 e. The summed E-state index contributed by atoms with van der Waals surface area (Å²) in [5.41, 5.74) is 0.639. The lowest BCUT2D eigenvalue weighted by molar-refractivity contribution is -0.137. The normalized spacial score (nSPS) is 16.5. The second kappa shape index (κ2) is 8.37. The number of aromatic nitrogens is 4. The molecule has 0 aliphatic heterocycles. The van der Waals surface area contributed by atoms with Crippen LogP contribution in [0, 0.1) is 0 Å². The molecule has 1 fully saturated rings. The van der Waals surface area contributed by atoms with Crippen molar-refractivity contribution in [3.8, 4) is 11.4 Å². The maximum atomic E-state index is 13.1. The van der Waals surface area contributed by atoms with Gasteiger partial charge < -0.3 is 5.11 Å². The molecule has 164 valence electrons. The van der Waals surface area contributed by atoms with Crippen LogP contribution in [0.5, 0.6) is 0 Å². The van der Waals surface area contributed by atoms with Gasteiger partial charge in [-0.05, 0) is 38.0 Å². The van der Waals surface area contributed by atoms with Gasteiger partial charge in [-0.25, -0.2) is 9.97 Å². The average molecular weight is 432 g/mol. The van der Waals surface area contributed by atoms with Gasteiger partial charge in [-0.3, -0.25) is 14.3 Å². The molecule has 1 aliphatic rings. The molecule has 3 heterocycles. The van der Waals surface area contributed by atoms with E-state index in [1.54, 1.807) is 6.92 Å². The van der Waals surface area contributed by atoms with E-state index in [4.69, 9.17) is 4.98 Å². The first-order chi connectivity index (χ1) is 14.8. The number of pyridine rings is 2. The lowest BCUT2D eigenvalue weighted by atomic mass is 9.86. The summed E-state index contributed by atoms with van der Waals surface area (Å²) in [6, 6.07) is 3.31. The van der Waals surface area contributed by atoms with E-state index < -0.39 is 17.8 Å². The summed E-state index contributed by atoms with van der Waals surface area (Å²) in [4.78, 5) is 26.3. The Hall–Kier alpha value is -2.81. The molecule has 1 aliphatic carbocycles.